The number of thiophene rings is 1. The van der Waals surface area contributed by atoms with Crippen LogP contribution in [0.25, 0.3) is 10.2 Å². The monoisotopic (exact) mass is 310 g/mol. The molecular weight excluding hydrogens is 296 g/mol. The minimum absolute atomic E-state index is 0.144. The van der Waals surface area contributed by atoms with Gasteiger partial charge in [-0.15, -0.1) is 11.3 Å². The van der Waals surface area contributed by atoms with Crippen molar-refractivity contribution in [2.24, 2.45) is 0 Å². The van der Waals surface area contributed by atoms with E-state index in [2.05, 4.69) is 4.98 Å². The summed E-state index contributed by atoms with van der Waals surface area (Å²) in [5, 5.41) is 0.919. The number of aryl methyl sites for hydroxylation is 2. The molecule has 1 aliphatic heterocycles. The fourth-order valence-corrected chi connectivity index (χ4v) is 6.02. The molecule has 3 heterocycles. The Morgan fingerprint density at radius 3 is 3.05 bits per heavy atom. The van der Waals surface area contributed by atoms with Crippen LogP contribution >= 0.6 is 35.3 Å². The van der Waals surface area contributed by atoms with Crippen LogP contribution in [-0.4, -0.2) is 21.1 Å². The fourth-order valence-electron chi connectivity index (χ4n) is 3.15. The number of rotatable bonds is 1. The van der Waals surface area contributed by atoms with Crippen molar-refractivity contribution in [3.05, 3.63) is 25.6 Å². The van der Waals surface area contributed by atoms with Crippen molar-refractivity contribution in [2.75, 3.05) is 11.5 Å². The van der Waals surface area contributed by atoms with Crippen LogP contribution in [0.1, 0.15) is 29.3 Å². The summed E-state index contributed by atoms with van der Waals surface area (Å²) >= 11 is 9.05. The zero-order valence-corrected chi connectivity index (χ0v) is 12.8. The molecule has 1 atom stereocenters. The Labute approximate surface area is 124 Å². The third kappa shape index (κ3) is 1.76. The highest BCUT2D eigenvalue weighted by Gasteiger charge is 2.25. The first-order valence-corrected chi connectivity index (χ1v) is 9.00. The van der Waals surface area contributed by atoms with Crippen LogP contribution in [0.2, 0.25) is 0 Å². The molecule has 1 fully saturated rings. The molecule has 2 aliphatic rings. The van der Waals surface area contributed by atoms with Crippen molar-refractivity contribution in [2.45, 2.75) is 31.7 Å². The molecule has 0 bridgehead atoms. The maximum absolute atomic E-state index is 12.8. The Kier molecular flexibility index (Phi) is 2.86. The number of nitrogens with one attached hydrogen (secondary N) is 1. The predicted molar refractivity (Wildman–Crippen MR) is 84.3 cm³/mol. The summed E-state index contributed by atoms with van der Waals surface area (Å²) < 4.78 is 2.44. The quantitative estimate of drug-likeness (QED) is 0.821. The molecule has 2 aromatic heterocycles. The molecule has 1 aliphatic carbocycles. The summed E-state index contributed by atoms with van der Waals surface area (Å²) in [6.07, 6.45) is 4.41. The molecule has 3 nitrogen and oxygen atoms in total. The van der Waals surface area contributed by atoms with Gasteiger partial charge in [-0.2, -0.15) is 11.8 Å². The Morgan fingerprint density at radius 2 is 2.26 bits per heavy atom. The fraction of sp³-hybridized carbons (Fsp3) is 0.538. The van der Waals surface area contributed by atoms with E-state index in [1.165, 1.54) is 16.9 Å². The molecule has 0 spiro atoms. The number of thioether (sulfide) groups is 1. The minimum Gasteiger partial charge on any atom is -0.323 e. The molecule has 1 N–H and O–H groups in total. The van der Waals surface area contributed by atoms with Gasteiger partial charge in [0.25, 0.3) is 5.56 Å². The van der Waals surface area contributed by atoms with Crippen molar-refractivity contribution >= 4 is 45.5 Å². The SMILES string of the molecule is O=c1c2c3c(sc2[nH]c(=S)n1C1CCSC1)CCC3. The number of H-pyrrole nitrogens is 1. The van der Waals surface area contributed by atoms with Gasteiger partial charge in [0.1, 0.15) is 4.83 Å². The Morgan fingerprint density at radius 1 is 1.37 bits per heavy atom. The van der Waals surface area contributed by atoms with Crippen molar-refractivity contribution in [3.63, 3.8) is 0 Å². The second kappa shape index (κ2) is 4.46. The zero-order valence-electron chi connectivity index (χ0n) is 10.4. The molecule has 0 amide bonds. The molecule has 0 radical (unpaired) electrons. The number of hydrogen-bond donors (Lipinski definition) is 1. The molecule has 19 heavy (non-hydrogen) atoms. The number of aromatic nitrogens is 2. The summed E-state index contributed by atoms with van der Waals surface area (Å²) in [4.78, 5) is 18.5. The molecule has 2 aromatic rings. The maximum atomic E-state index is 12.8. The Bertz CT molecular complexity index is 765. The van der Waals surface area contributed by atoms with Crippen molar-refractivity contribution < 1.29 is 0 Å². The van der Waals surface area contributed by atoms with Gasteiger partial charge >= 0.3 is 0 Å². The van der Waals surface area contributed by atoms with Gasteiger partial charge in [0.05, 0.1) is 5.39 Å². The first-order chi connectivity index (χ1) is 9.25. The van der Waals surface area contributed by atoms with Crippen molar-refractivity contribution in [3.8, 4) is 0 Å². The lowest BCUT2D eigenvalue weighted by Gasteiger charge is -2.13. The predicted octanol–water partition coefficient (Wildman–Crippen LogP) is 3.29. The largest absolute Gasteiger partial charge is 0.323 e. The number of aromatic amines is 1. The van der Waals surface area contributed by atoms with Crippen molar-refractivity contribution in [1.29, 1.82) is 0 Å². The number of nitrogens with zero attached hydrogens (tertiary/aromatic N) is 1. The highest BCUT2D eigenvalue weighted by atomic mass is 32.2. The highest BCUT2D eigenvalue weighted by molar-refractivity contribution is 7.99. The van der Waals surface area contributed by atoms with Crippen LogP contribution in [0.15, 0.2) is 4.79 Å². The van der Waals surface area contributed by atoms with Gasteiger partial charge in [-0.25, -0.2) is 0 Å². The van der Waals surface area contributed by atoms with Gasteiger partial charge in [-0.3, -0.25) is 9.36 Å². The van der Waals surface area contributed by atoms with Gasteiger partial charge in [0.2, 0.25) is 0 Å². The van der Waals surface area contributed by atoms with E-state index in [0.717, 1.165) is 41.0 Å². The second-order valence-electron chi connectivity index (χ2n) is 5.18. The molecule has 1 unspecified atom stereocenters. The number of fused-ring (bicyclic) bond motifs is 3. The van der Waals surface area contributed by atoms with E-state index in [-0.39, 0.29) is 11.6 Å². The van der Waals surface area contributed by atoms with Gasteiger partial charge in [-0.1, -0.05) is 0 Å². The molecule has 6 heteroatoms. The lowest BCUT2D eigenvalue weighted by atomic mass is 10.2. The summed E-state index contributed by atoms with van der Waals surface area (Å²) in [5.41, 5.74) is 1.43. The van der Waals surface area contributed by atoms with Crippen LogP contribution in [0, 0.1) is 4.77 Å². The second-order valence-corrected chi connectivity index (χ2v) is 7.83. The van der Waals surface area contributed by atoms with E-state index < -0.39 is 0 Å². The van der Waals surface area contributed by atoms with E-state index in [1.807, 2.05) is 16.3 Å². The topological polar surface area (TPSA) is 37.8 Å². The van der Waals surface area contributed by atoms with Gasteiger partial charge in [-0.05, 0) is 49.2 Å². The van der Waals surface area contributed by atoms with E-state index in [0.29, 0.717) is 4.77 Å². The molecule has 1 saturated heterocycles. The normalized spacial score (nSPS) is 22.2. The smallest absolute Gasteiger partial charge is 0.263 e. The van der Waals surface area contributed by atoms with Gasteiger partial charge < -0.3 is 4.98 Å². The summed E-state index contributed by atoms with van der Waals surface area (Å²) in [6.45, 7) is 0. The van der Waals surface area contributed by atoms with Crippen LogP contribution in [0.3, 0.4) is 0 Å². The van der Waals surface area contributed by atoms with Gasteiger partial charge in [0, 0.05) is 16.7 Å². The molecular formula is C13H14N2OS3. The molecule has 0 aromatic carbocycles. The Hall–Kier alpha value is -0.590. The lowest BCUT2D eigenvalue weighted by Crippen LogP contribution is -2.26. The first-order valence-electron chi connectivity index (χ1n) is 6.62. The van der Waals surface area contributed by atoms with Crippen LogP contribution in [-0.2, 0) is 12.8 Å². The number of hydrogen-bond acceptors (Lipinski definition) is 4. The van der Waals surface area contributed by atoms with E-state index in [1.54, 1.807) is 11.3 Å². The summed E-state index contributed by atoms with van der Waals surface area (Å²) in [5.74, 6) is 2.14. The average molecular weight is 310 g/mol. The van der Waals surface area contributed by atoms with E-state index in [4.69, 9.17) is 12.2 Å². The molecule has 100 valence electrons. The standard InChI is InChI=1S/C13H14N2OS3/c16-12-10-8-2-1-3-9(8)19-11(10)14-13(17)15(12)7-4-5-18-6-7/h7H,1-6H2,(H,14,17). The Balaban J connectivity index is 2.04. The maximum Gasteiger partial charge on any atom is 0.263 e. The average Bonchev–Trinajstić information content (AvgIpc) is 3.02. The summed E-state index contributed by atoms with van der Waals surface area (Å²) in [7, 11) is 0. The van der Waals surface area contributed by atoms with Crippen molar-refractivity contribution in [1.82, 2.24) is 9.55 Å². The first kappa shape index (κ1) is 12.2. The van der Waals surface area contributed by atoms with Crippen LogP contribution in [0.5, 0.6) is 0 Å². The van der Waals surface area contributed by atoms with E-state index >= 15 is 0 Å². The molecule has 4 rings (SSSR count). The summed E-state index contributed by atoms with van der Waals surface area (Å²) in [6, 6.07) is 0.280. The van der Waals surface area contributed by atoms with E-state index in [9.17, 15) is 4.79 Å². The minimum atomic E-state index is 0.144. The third-order valence-corrected chi connectivity index (χ3v) is 6.71. The van der Waals surface area contributed by atoms with Gasteiger partial charge in [0.15, 0.2) is 4.77 Å². The van der Waals surface area contributed by atoms with Crippen LogP contribution in [0.4, 0.5) is 0 Å². The molecule has 0 saturated carbocycles. The highest BCUT2D eigenvalue weighted by Crippen LogP contribution is 2.35. The van der Waals surface area contributed by atoms with Crippen LogP contribution < -0.4 is 5.56 Å². The lowest BCUT2D eigenvalue weighted by molar-refractivity contribution is 0.530. The third-order valence-electron chi connectivity index (χ3n) is 4.06. The zero-order chi connectivity index (χ0) is 13.0.